The molecule has 3 N–H and O–H groups in total. The molecule has 11 nitrogen and oxygen atoms in total. The highest BCUT2D eigenvalue weighted by Gasteiger charge is 2.17. The Bertz CT molecular complexity index is 847. The Kier molecular flexibility index (Phi) is 6.16. The molecule has 0 amide bonds. The lowest BCUT2D eigenvalue weighted by atomic mass is 10.2. The molecule has 0 aliphatic carbocycles. The maximum absolute atomic E-state index is 11.6. The Balaban J connectivity index is 1.85. The molecule has 0 saturated carbocycles. The molecule has 26 heavy (non-hydrogen) atoms. The number of nitro groups is 1. The summed E-state index contributed by atoms with van der Waals surface area (Å²) in [6, 6.07) is 5.45. The van der Waals surface area contributed by atoms with Gasteiger partial charge in [-0.15, -0.1) is 11.3 Å². The largest absolute Gasteiger partial charge is 0.476 e. The van der Waals surface area contributed by atoms with Crippen LogP contribution in [0.5, 0.6) is 0 Å². The molecule has 0 radical (unpaired) electrons. The van der Waals surface area contributed by atoms with Gasteiger partial charge in [0.1, 0.15) is 12.3 Å². The van der Waals surface area contributed by atoms with Crippen LogP contribution in [0.15, 0.2) is 34.8 Å². The van der Waals surface area contributed by atoms with Crippen LogP contribution in [-0.4, -0.2) is 39.3 Å². The van der Waals surface area contributed by atoms with Gasteiger partial charge in [-0.25, -0.2) is 14.6 Å². The topological polar surface area (TPSA) is 167 Å². The van der Waals surface area contributed by atoms with Crippen LogP contribution < -0.4 is 5.73 Å². The summed E-state index contributed by atoms with van der Waals surface area (Å²) in [6.45, 7) is -0.748. The first-order valence-corrected chi connectivity index (χ1v) is 7.78. The average Bonchev–Trinajstić information content (AvgIpc) is 3.02. The number of carbonyl (C=O) groups excluding carboxylic acids is 1. The minimum absolute atomic E-state index is 0.0132. The van der Waals surface area contributed by atoms with E-state index in [1.54, 1.807) is 0 Å². The van der Waals surface area contributed by atoms with Gasteiger partial charge in [0.25, 0.3) is 5.69 Å². The summed E-state index contributed by atoms with van der Waals surface area (Å²) in [5, 5.41) is 24.5. The molecule has 2 aromatic rings. The van der Waals surface area contributed by atoms with Crippen molar-refractivity contribution in [2.24, 2.45) is 5.16 Å². The Morgan fingerprint density at radius 2 is 2.04 bits per heavy atom. The van der Waals surface area contributed by atoms with E-state index < -0.39 is 29.2 Å². The third-order valence-corrected chi connectivity index (χ3v) is 3.53. The molecule has 2 rings (SSSR count). The second-order valence-electron chi connectivity index (χ2n) is 4.67. The van der Waals surface area contributed by atoms with E-state index in [1.165, 1.54) is 29.6 Å². The van der Waals surface area contributed by atoms with Gasteiger partial charge in [-0.3, -0.25) is 10.1 Å². The van der Waals surface area contributed by atoms with Crippen LogP contribution in [0.2, 0.25) is 0 Å². The van der Waals surface area contributed by atoms with Gasteiger partial charge in [0.05, 0.1) is 4.92 Å². The second kappa shape index (κ2) is 8.53. The number of thiazole rings is 1. The van der Waals surface area contributed by atoms with Gasteiger partial charge in [0, 0.05) is 17.5 Å². The van der Waals surface area contributed by atoms with E-state index in [0.29, 0.717) is 5.56 Å². The highest BCUT2D eigenvalue weighted by molar-refractivity contribution is 7.13. The van der Waals surface area contributed by atoms with Crippen molar-refractivity contribution in [1.29, 1.82) is 0 Å². The first-order chi connectivity index (χ1) is 12.4. The molecule has 0 fully saturated rings. The molecular weight excluding hydrogens is 368 g/mol. The molecule has 1 aromatic heterocycles. The minimum atomic E-state index is -1.39. The quantitative estimate of drug-likeness (QED) is 0.296. The third-order valence-electron chi connectivity index (χ3n) is 2.85. The number of aromatic nitrogens is 1. The average molecular weight is 380 g/mol. The lowest BCUT2D eigenvalue weighted by Crippen LogP contribution is -2.17. The summed E-state index contributed by atoms with van der Waals surface area (Å²) in [5.41, 5.74) is 5.39. The Morgan fingerprint density at radius 3 is 2.58 bits per heavy atom. The van der Waals surface area contributed by atoms with Gasteiger partial charge in [-0.05, 0) is 17.7 Å². The SMILES string of the molecule is Nc1nc(/C(=N\OCC(=O)OCc2ccc([N+](=O)[O-])cc2)C(=O)O)cs1. The molecule has 0 saturated heterocycles. The van der Waals surface area contributed by atoms with Crippen LogP contribution >= 0.6 is 11.3 Å². The smallest absolute Gasteiger partial charge is 0.360 e. The van der Waals surface area contributed by atoms with Gasteiger partial charge in [-0.2, -0.15) is 0 Å². The number of benzene rings is 1. The fourth-order valence-electron chi connectivity index (χ4n) is 1.66. The molecule has 0 aliphatic rings. The summed E-state index contributed by atoms with van der Waals surface area (Å²) >= 11 is 1.03. The summed E-state index contributed by atoms with van der Waals surface area (Å²) in [6.07, 6.45) is 0. The van der Waals surface area contributed by atoms with Crippen LogP contribution in [0, 0.1) is 10.1 Å². The number of anilines is 1. The number of nitro benzene ring substituents is 1. The number of carboxylic acids is 1. The van der Waals surface area contributed by atoms with Crippen molar-refractivity contribution in [3.63, 3.8) is 0 Å². The van der Waals surface area contributed by atoms with Crippen LogP contribution in [0.1, 0.15) is 11.3 Å². The standard InChI is InChI=1S/C14H12N4O7S/c15-14-16-10(7-26-14)12(13(20)21)17-25-6-11(19)24-5-8-1-3-9(4-2-8)18(22)23/h1-4,7H,5-6H2,(H2,15,16)(H,20,21)/b17-12+. The van der Waals surface area contributed by atoms with Crippen LogP contribution in [0.3, 0.4) is 0 Å². The Hall–Kier alpha value is -3.54. The number of non-ortho nitro benzene ring substituents is 1. The van der Waals surface area contributed by atoms with E-state index in [2.05, 4.69) is 15.0 Å². The lowest BCUT2D eigenvalue weighted by Gasteiger charge is -2.04. The lowest BCUT2D eigenvalue weighted by molar-refractivity contribution is -0.384. The summed E-state index contributed by atoms with van der Waals surface area (Å²) in [4.78, 5) is 41.2. The van der Waals surface area contributed by atoms with Crippen molar-refractivity contribution >= 4 is 39.8 Å². The van der Waals surface area contributed by atoms with Gasteiger partial charge in [-0.1, -0.05) is 5.16 Å². The molecule has 12 heteroatoms. The fraction of sp³-hybridized carbons (Fsp3) is 0.143. The predicted octanol–water partition coefficient (Wildman–Crippen LogP) is 1.18. The number of nitrogen functional groups attached to an aromatic ring is 1. The molecule has 0 spiro atoms. The Morgan fingerprint density at radius 1 is 1.35 bits per heavy atom. The van der Waals surface area contributed by atoms with E-state index >= 15 is 0 Å². The van der Waals surface area contributed by atoms with E-state index in [1.807, 2.05) is 0 Å². The zero-order chi connectivity index (χ0) is 19.1. The van der Waals surface area contributed by atoms with Crippen molar-refractivity contribution in [1.82, 2.24) is 4.98 Å². The molecule has 1 heterocycles. The first-order valence-electron chi connectivity index (χ1n) is 6.90. The normalized spacial score (nSPS) is 11.0. The van der Waals surface area contributed by atoms with E-state index in [-0.39, 0.29) is 23.1 Å². The zero-order valence-electron chi connectivity index (χ0n) is 13.0. The van der Waals surface area contributed by atoms with Crippen molar-refractivity contribution in [2.45, 2.75) is 6.61 Å². The van der Waals surface area contributed by atoms with Gasteiger partial charge in [0.15, 0.2) is 5.13 Å². The molecule has 0 atom stereocenters. The van der Waals surface area contributed by atoms with Crippen molar-refractivity contribution < 1.29 is 29.2 Å². The van der Waals surface area contributed by atoms with Crippen molar-refractivity contribution in [3.8, 4) is 0 Å². The summed E-state index contributed by atoms with van der Waals surface area (Å²) < 4.78 is 4.90. The number of ether oxygens (including phenoxy) is 1. The predicted molar refractivity (Wildman–Crippen MR) is 89.5 cm³/mol. The number of rotatable bonds is 8. The van der Waals surface area contributed by atoms with Crippen LogP contribution in [0.4, 0.5) is 10.8 Å². The number of nitrogens with two attached hydrogens (primary N) is 1. The number of aliphatic carboxylic acids is 1. The summed E-state index contributed by atoms with van der Waals surface area (Å²) in [7, 11) is 0. The van der Waals surface area contributed by atoms with Gasteiger partial charge < -0.3 is 20.4 Å². The number of oxime groups is 1. The first kappa shape index (κ1) is 18.8. The van der Waals surface area contributed by atoms with Gasteiger partial charge in [0.2, 0.25) is 12.3 Å². The number of hydrogen-bond acceptors (Lipinski definition) is 10. The number of carboxylic acid groups (broad SMARTS) is 1. The van der Waals surface area contributed by atoms with Crippen molar-refractivity contribution in [3.05, 3.63) is 51.0 Å². The summed E-state index contributed by atoms with van der Waals surface area (Å²) in [5.74, 6) is -2.19. The number of carbonyl (C=O) groups is 2. The molecule has 0 unspecified atom stereocenters. The molecule has 1 aromatic carbocycles. The Labute approximate surface area is 149 Å². The number of esters is 1. The van der Waals surface area contributed by atoms with Crippen molar-refractivity contribution in [2.75, 3.05) is 12.3 Å². The highest BCUT2D eigenvalue weighted by Crippen LogP contribution is 2.13. The van der Waals surface area contributed by atoms with Crippen LogP contribution in [-0.2, 0) is 25.8 Å². The maximum atomic E-state index is 11.6. The molecule has 0 aliphatic heterocycles. The van der Waals surface area contributed by atoms with Crippen LogP contribution in [0.25, 0.3) is 0 Å². The molecular formula is C14H12N4O7S. The second-order valence-corrected chi connectivity index (χ2v) is 5.56. The minimum Gasteiger partial charge on any atom is -0.476 e. The van der Waals surface area contributed by atoms with E-state index in [9.17, 15) is 19.7 Å². The maximum Gasteiger partial charge on any atom is 0.360 e. The number of hydrogen-bond donors (Lipinski definition) is 2. The third kappa shape index (κ3) is 5.24. The monoisotopic (exact) mass is 380 g/mol. The highest BCUT2D eigenvalue weighted by atomic mass is 32.1. The number of nitrogens with zero attached hydrogens (tertiary/aromatic N) is 3. The van der Waals surface area contributed by atoms with E-state index in [4.69, 9.17) is 15.6 Å². The molecule has 136 valence electrons. The van der Waals surface area contributed by atoms with E-state index in [0.717, 1.165) is 11.3 Å². The van der Waals surface area contributed by atoms with Gasteiger partial charge >= 0.3 is 11.9 Å². The molecule has 0 bridgehead atoms. The fourth-order valence-corrected chi connectivity index (χ4v) is 2.21. The zero-order valence-corrected chi connectivity index (χ0v) is 13.8.